The normalized spacial score (nSPS) is 18.0. The Balaban J connectivity index is 0.00000242. The standard InChI is InChI=1S/C17H24N2O2.ClH/c1-13(15-4-6-16(21-3)7-5-15)10-17(20)19-9-8-14(12-19)11-18-2;/h4-7,10,14,18H,8-9,11-12H2,1-3H3;1H/b13-10-;. The average Bonchev–Trinajstić information content (AvgIpc) is 2.96. The molecule has 5 heteroatoms. The fourth-order valence-electron chi connectivity index (χ4n) is 2.70. The van der Waals surface area contributed by atoms with Crippen LogP contribution in [0.25, 0.3) is 5.57 Å². The van der Waals surface area contributed by atoms with Crippen molar-refractivity contribution < 1.29 is 9.53 Å². The second-order valence-corrected chi connectivity index (χ2v) is 5.55. The second kappa shape index (κ2) is 8.81. The number of amides is 1. The first kappa shape index (κ1) is 18.5. The highest BCUT2D eigenvalue weighted by Gasteiger charge is 2.24. The summed E-state index contributed by atoms with van der Waals surface area (Å²) in [5.41, 5.74) is 2.04. The monoisotopic (exact) mass is 324 g/mol. The maximum atomic E-state index is 12.3. The third kappa shape index (κ3) is 4.75. The molecule has 1 amide bonds. The van der Waals surface area contributed by atoms with E-state index in [0.29, 0.717) is 5.92 Å². The van der Waals surface area contributed by atoms with Gasteiger partial charge >= 0.3 is 0 Å². The van der Waals surface area contributed by atoms with Crippen molar-refractivity contribution in [2.24, 2.45) is 5.92 Å². The quantitative estimate of drug-likeness (QED) is 0.846. The van der Waals surface area contributed by atoms with Crippen LogP contribution in [0.15, 0.2) is 30.3 Å². The van der Waals surface area contributed by atoms with Crippen LogP contribution in [-0.4, -0.2) is 44.6 Å². The van der Waals surface area contributed by atoms with Gasteiger partial charge in [0.1, 0.15) is 5.75 Å². The molecule has 1 N–H and O–H groups in total. The molecule has 4 nitrogen and oxygen atoms in total. The van der Waals surface area contributed by atoms with E-state index in [9.17, 15) is 4.79 Å². The van der Waals surface area contributed by atoms with Crippen molar-refractivity contribution in [3.63, 3.8) is 0 Å². The van der Waals surface area contributed by atoms with Crippen molar-refractivity contribution in [1.82, 2.24) is 10.2 Å². The third-order valence-electron chi connectivity index (χ3n) is 3.98. The topological polar surface area (TPSA) is 41.6 Å². The fourth-order valence-corrected chi connectivity index (χ4v) is 2.70. The largest absolute Gasteiger partial charge is 0.497 e. The van der Waals surface area contributed by atoms with Gasteiger partial charge in [0, 0.05) is 19.2 Å². The molecule has 2 rings (SSSR count). The van der Waals surface area contributed by atoms with Crippen LogP contribution < -0.4 is 10.1 Å². The van der Waals surface area contributed by atoms with E-state index >= 15 is 0 Å². The molecule has 1 atom stereocenters. The molecule has 122 valence electrons. The van der Waals surface area contributed by atoms with E-state index in [1.54, 1.807) is 13.2 Å². The molecule has 0 aliphatic carbocycles. The minimum Gasteiger partial charge on any atom is -0.497 e. The minimum absolute atomic E-state index is 0. The fraction of sp³-hybridized carbons (Fsp3) is 0.471. The van der Waals surface area contributed by atoms with Gasteiger partial charge < -0.3 is 15.0 Å². The summed E-state index contributed by atoms with van der Waals surface area (Å²) < 4.78 is 5.15. The molecule has 0 aromatic heterocycles. The third-order valence-corrected chi connectivity index (χ3v) is 3.98. The van der Waals surface area contributed by atoms with Crippen LogP contribution in [0.3, 0.4) is 0 Å². The Hall–Kier alpha value is -1.52. The molecule has 1 fully saturated rings. The number of nitrogens with one attached hydrogen (secondary N) is 1. The van der Waals surface area contributed by atoms with Gasteiger partial charge in [0.15, 0.2) is 0 Å². The summed E-state index contributed by atoms with van der Waals surface area (Å²) in [5.74, 6) is 1.52. The number of carbonyl (C=O) groups is 1. The maximum absolute atomic E-state index is 12.3. The minimum atomic E-state index is 0. The number of ether oxygens (including phenoxy) is 1. The second-order valence-electron chi connectivity index (χ2n) is 5.55. The van der Waals surface area contributed by atoms with Crippen LogP contribution in [0.4, 0.5) is 0 Å². The van der Waals surface area contributed by atoms with Crippen molar-refractivity contribution in [3.05, 3.63) is 35.9 Å². The Bertz CT molecular complexity index is 514. The van der Waals surface area contributed by atoms with Gasteiger partial charge in [-0.3, -0.25) is 4.79 Å². The number of halogens is 1. The number of hydrogen-bond acceptors (Lipinski definition) is 3. The summed E-state index contributed by atoms with van der Waals surface area (Å²) in [5, 5.41) is 3.18. The Morgan fingerprint density at radius 1 is 1.41 bits per heavy atom. The molecule has 1 aromatic rings. The SMILES string of the molecule is CNCC1CCN(C(=O)/C=C(/C)c2ccc(OC)cc2)C1.Cl. The predicted molar refractivity (Wildman–Crippen MR) is 92.5 cm³/mol. The van der Waals surface area contributed by atoms with Crippen LogP contribution in [0.5, 0.6) is 5.75 Å². The van der Waals surface area contributed by atoms with Gasteiger partial charge in [0.2, 0.25) is 5.91 Å². The summed E-state index contributed by atoms with van der Waals surface area (Å²) in [4.78, 5) is 14.2. The number of carbonyl (C=O) groups excluding carboxylic acids is 1. The van der Waals surface area contributed by atoms with Gasteiger partial charge in [-0.05, 0) is 56.1 Å². The van der Waals surface area contributed by atoms with Crippen LogP contribution in [0.2, 0.25) is 0 Å². The van der Waals surface area contributed by atoms with Gasteiger partial charge in [0.05, 0.1) is 7.11 Å². The molecule has 0 saturated carbocycles. The summed E-state index contributed by atoms with van der Waals surface area (Å²) >= 11 is 0. The Morgan fingerprint density at radius 3 is 2.68 bits per heavy atom. The zero-order valence-corrected chi connectivity index (χ0v) is 14.3. The number of allylic oxidation sites excluding steroid dienone is 1. The molecule has 1 saturated heterocycles. The molecule has 0 spiro atoms. The summed E-state index contributed by atoms with van der Waals surface area (Å²) in [7, 11) is 3.61. The number of benzene rings is 1. The van der Waals surface area contributed by atoms with Gasteiger partial charge in [0.25, 0.3) is 0 Å². The first-order valence-electron chi connectivity index (χ1n) is 7.40. The van der Waals surface area contributed by atoms with Crippen molar-refractivity contribution in [1.29, 1.82) is 0 Å². The van der Waals surface area contributed by atoms with Gasteiger partial charge in [-0.25, -0.2) is 0 Å². The zero-order chi connectivity index (χ0) is 15.2. The molecule has 1 unspecified atom stereocenters. The lowest BCUT2D eigenvalue weighted by Gasteiger charge is -2.15. The number of hydrogen-bond donors (Lipinski definition) is 1. The number of rotatable bonds is 5. The molecular formula is C17H25ClN2O2. The highest BCUT2D eigenvalue weighted by molar-refractivity contribution is 5.95. The van der Waals surface area contributed by atoms with E-state index in [4.69, 9.17) is 4.74 Å². The van der Waals surface area contributed by atoms with E-state index in [1.807, 2.05) is 43.1 Å². The molecular weight excluding hydrogens is 300 g/mol. The Labute approximate surface area is 138 Å². The summed E-state index contributed by atoms with van der Waals surface area (Å²) in [6, 6.07) is 7.78. The molecule has 1 heterocycles. The Kier molecular flexibility index (Phi) is 7.42. The van der Waals surface area contributed by atoms with Crippen LogP contribution in [-0.2, 0) is 4.79 Å². The van der Waals surface area contributed by atoms with E-state index in [-0.39, 0.29) is 18.3 Å². The number of methoxy groups -OCH3 is 1. The van der Waals surface area contributed by atoms with Crippen LogP contribution in [0, 0.1) is 5.92 Å². The van der Waals surface area contributed by atoms with Crippen molar-refractivity contribution in [3.8, 4) is 5.75 Å². The smallest absolute Gasteiger partial charge is 0.246 e. The van der Waals surface area contributed by atoms with Crippen molar-refractivity contribution in [2.45, 2.75) is 13.3 Å². The van der Waals surface area contributed by atoms with E-state index in [2.05, 4.69) is 5.32 Å². The predicted octanol–water partition coefficient (Wildman–Crippen LogP) is 2.59. The Morgan fingerprint density at radius 2 is 2.09 bits per heavy atom. The van der Waals surface area contributed by atoms with Crippen molar-refractivity contribution >= 4 is 23.9 Å². The van der Waals surface area contributed by atoms with E-state index in [1.165, 1.54) is 0 Å². The average molecular weight is 325 g/mol. The number of likely N-dealkylation sites (tertiary alicyclic amines) is 1. The van der Waals surface area contributed by atoms with Crippen LogP contribution in [0.1, 0.15) is 18.9 Å². The maximum Gasteiger partial charge on any atom is 0.246 e. The van der Waals surface area contributed by atoms with Crippen LogP contribution >= 0.6 is 12.4 Å². The molecule has 0 bridgehead atoms. The number of nitrogens with zero attached hydrogens (tertiary/aromatic N) is 1. The van der Waals surface area contributed by atoms with Crippen molar-refractivity contribution in [2.75, 3.05) is 33.8 Å². The van der Waals surface area contributed by atoms with E-state index < -0.39 is 0 Å². The molecule has 1 aliphatic heterocycles. The lowest BCUT2D eigenvalue weighted by molar-refractivity contribution is -0.125. The summed E-state index contributed by atoms with van der Waals surface area (Å²) in [6.45, 7) is 4.66. The molecule has 1 aliphatic rings. The zero-order valence-electron chi connectivity index (χ0n) is 13.5. The van der Waals surface area contributed by atoms with Gasteiger partial charge in [-0.2, -0.15) is 0 Å². The highest BCUT2D eigenvalue weighted by Crippen LogP contribution is 2.20. The van der Waals surface area contributed by atoms with Gasteiger partial charge in [-0.15, -0.1) is 12.4 Å². The first-order valence-corrected chi connectivity index (χ1v) is 7.40. The molecule has 1 aromatic carbocycles. The van der Waals surface area contributed by atoms with Gasteiger partial charge in [-0.1, -0.05) is 12.1 Å². The first-order chi connectivity index (χ1) is 10.1. The molecule has 22 heavy (non-hydrogen) atoms. The summed E-state index contributed by atoms with van der Waals surface area (Å²) in [6.07, 6.45) is 2.82. The molecule has 0 radical (unpaired) electrons. The lowest BCUT2D eigenvalue weighted by atomic mass is 10.1. The highest BCUT2D eigenvalue weighted by atomic mass is 35.5. The lowest BCUT2D eigenvalue weighted by Crippen LogP contribution is -2.29. The van der Waals surface area contributed by atoms with E-state index in [0.717, 1.165) is 42.9 Å².